The topological polar surface area (TPSA) is 148 Å². The largest absolute Gasteiger partial charge is 0.461 e. The van der Waals surface area contributed by atoms with E-state index in [1.807, 2.05) is 55.5 Å². The second kappa shape index (κ2) is 15.8. The van der Waals surface area contributed by atoms with Gasteiger partial charge in [0.15, 0.2) is 5.78 Å². The zero-order chi connectivity index (χ0) is 35.0. The van der Waals surface area contributed by atoms with Crippen LogP contribution < -0.4 is 16.0 Å². The van der Waals surface area contributed by atoms with Crippen molar-refractivity contribution in [1.29, 1.82) is 5.26 Å². The number of benzene rings is 3. The number of rotatable bonds is 12. The van der Waals surface area contributed by atoms with Gasteiger partial charge in [0.05, 0.1) is 18.7 Å². The van der Waals surface area contributed by atoms with Crippen molar-refractivity contribution in [2.24, 2.45) is 5.92 Å². The Morgan fingerprint density at radius 2 is 1.64 bits per heavy atom. The lowest BCUT2D eigenvalue weighted by Gasteiger charge is -2.31. The van der Waals surface area contributed by atoms with Crippen molar-refractivity contribution in [3.8, 4) is 6.07 Å². The van der Waals surface area contributed by atoms with Crippen LogP contribution in [0.15, 0.2) is 83.3 Å². The molecule has 1 aromatic heterocycles. The minimum absolute atomic E-state index is 0.0114. The van der Waals surface area contributed by atoms with Crippen LogP contribution in [0.3, 0.4) is 0 Å². The molecule has 2 saturated heterocycles. The Bertz CT molecular complexity index is 1880. The fraction of sp³-hybridized carbons (Fsp3) is 0.359. The highest BCUT2D eigenvalue weighted by molar-refractivity contribution is 6.01. The lowest BCUT2D eigenvalue weighted by molar-refractivity contribution is -0.140. The molecular formula is C39H42N6O5. The van der Waals surface area contributed by atoms with Gasteiger partial charge in [-0.15, -0.1) is 0 Å². The maximum Gasteiger partial charge on any atom is 0.251 e. The van der Waals surface area contributed by atoms with E-state index in [4.69, 9.17) is 4.42 Å². The fourth-order valence-electron chi connectivity index (χ4n) is 6.66. The molecule has 2 aliphatic heterocycles. The normalized spacial score (nSPS) is 17.5. The van der Waals surface area contributed by atoms with Gasteiger partial charge in [-0.1, -0.05) is 42.5 Å². The van der Waals surface area contributed by atoms with Crippen LogP contribution in [0.25, 0.3) is 11.0 Å². The molecule has 2 unspecified atom stereocenters. The molecular weight excluding hydrogens is 632 g/mol. The zero-order valence-electron chi connectivity index (χ0n) is 28.2. The van der Waals surface area contributed by atoms with E-state index in [1.165, 1.54) is 0 Å². The van der Waals surface area contributed by atoms with E-state index in [1.54, 1.807) is 40.1 Å². The lowest BCUT2D eigenvalue weighted by atomic mass is 9.94. The Morgan fingerprint density at radius 1 is 0.920 bits per heavy atom. The number of fused-ring (bicyclic) bond motifs is 1. The molecule has 3 aromatic carbocycles. The Morgan fingerprint density at radius 3 is 2.38 bits per heavy atom. The van der Waals surface area contributed by atoms with Crippen molar-refractivity contribution in [2.45, 2.75) is 57.8 Å². The van der Waals surface area contributed by atoms with Gasteiger partial charge >= 0.3 is 0 Å². The summed E-state index contributed by atoms with van der Waals surface area (Å²) in [7, 11) is 0. The number of likely N-dealkylation sites (tertiary alicyclic amines) is 2. The summed E-state index contributed by atoms with van der Waals surface area (Å²) in [4.78, 5) is 57.1. The van der Waals surface area contributed by atoms with Crippen LogP contribution in [-0.4, -0.2) is 71.7 Å². The standard InChI is InChI=1S/C39H42N6O5/c1-26-21-30-22-31(16-17-34(30)50-26)42-37(43-33-11-5-6-20-45(39(33)49)25-35(46)44-18-7-8-19-44)32(23-40)36(47)28-12-14-29(15-13-28)38(48)41-24-27-9-3-2-4-10-27/h2-4,9-10,12-17,21-22,32-33,37,42-43H,5-8,11,18-20,24-25H2,1H3,(H,41,48)/t32?,33-,37?/m0/s1. The van der Waals surface area contributed by atoms with Gasteiger partial charge in [-0.05, 0) is 81.0 Å². The van der Waals surface area contributed by atoms with Crippen molar-refractivity contribution < 1.29 is 23.6 Å². The number of anilines is 1. The molecule has 6 rings (SSSR count). The number of nitriles is 1. The Labute approximate surface area is 291 Å². The predicted octanol–water partition coefficient (Wildman–Crippen LogP) is 5.03. The van der Waals surface area contributed by atoms with Gasteiger partial charge in [0.1, 0.15) is 23.4 Å². The molecule has 3 N–H and O–H groups in total. The third-order valence-electron chi connectivity index (χ3n) is 9.39. The molecule has 2 fully saturated rings. The van der Waals surface area contributed by atoms with E-state index < -0.39 is 23.9 Å². The van der Waals surface area contributed by atoms with Crippen LogP contribution in [0.1, 0.15) is 64.1 Å². The number of Topliss-reactive ketones (excluding diaryl/α,β-unsaturated/α-hetero) is 1. The summed E-state index contributed by atoms with van der Waals surface area (Å²) in [5, 5.41) is 20.9. The van der Waals surface area contributed by atoms with Crippen molar-refractivity contribution in [1.82, 2.24) is 20.4 Å². The van der Waals surface area contributed by atoms with E-state index in [2.05, 4.69) is 22.0 Å². The molecule has 258 valence electrons. The highest BCUT2D eigenvalue weighted by atomic mass is 16.3. The Balaban J connectivity index is 1.21. The number of aryl methyl sites for hydroxylation is 1. The predicted molar refractivity (Wildman–Crippen MR) is 189 cm³/mol. The molecule has 2 aliphatic rings. The Kier molecular flexibility index (Phi) is 10.9. The number of furan rings is 1. The molecule has 3 atom stereocenters. The highest BCUT2D eigenvalue weighted by Gasteiger charge is 2.36. The van der Waals surface area contributed by atoms with E-state index in [-0.39, 0.29) is 29.8 Å². The number of carbonyl (C=O) groups excluding carboxylic acids is 4. The van der Waals surface area contributed by atoms with Crippen molar-refractivity contribution in [2.75, 3.05) is 31.5 Å². The van der Waals surface area contributed by atoms with E-state index in [0.717, 1.165) is 42.4 Å². The van der Waals surface area contributed by atoms with Gasteiger partial charge in [-0.25, -0.2) is 0 Å². The van der Waals surface area contributed by atoms with Crippen LogP contribution in [-0.2, 0) is 16.1 Å². The number of amides is 3. The summed E-state index contributed by atoms with van der Waals surface area (Å²) in [5.41, 5.74) is 2.95. The summed E-state index contributed by atoms with van der Waals surface area (Å²) < 4.78 is 5.73. The first-order valence-electron chi connectivity index (χ1n) is 17.2. The number of hydrogen-bond acceptors (Lipinski definition) is 8. The quantitative estimate of drug-likeness (QED) is 0.140. The molecule has 3 amide bonds. The fourth-order valence-corrected chi connectivity index (χ4v) is 6.66. The average molecular weight is 675 g/mol. The minimum Gasteiger partial charge on any atom is -0.461 e. The molecule has 0 radical (unpaired) electrons. The summed E-state index contributed by atoms with van der Waals surface area (Å²) in [6.45, 7) is 4.12. The van der Waals surface area contributed by atoms with Crippen LogP contribution in [0.5, 0.6) is 0 Å². The Hall–Kier alpha value is -5.47. The number of ketones is 1. The maximum absolute atomic E-state index is 14.0. The summed E-state index contributed by atoms with van der Waals surface area (Å²) in [5.74, 6) is -1.52. The molecule has 50 heavy (non-hydrogen) atoms. The van der Waals surface area contributed by atoms with Gasteiger partial charge in [0.25, 0.3) is 5.91 Å². The lowest BCUT2D eigenvalue weighted by Crippen LogP contribution is -2.55. The molecule has 11 nitrogen and oxygen atoms in total. The molecule has 0 bridgehead atoms. The zero-order valence-corrected chi connectivity index (χ0v) is 28.2. The van der Waals surface area contributed by atoms with Crippen molar-refractivity contribution in [3.63, 3.8) is 0 Å². The van der Waals surface area contributed by atoms with Gasteiger partial charge in [0, 0.05) is 48.4 Å². The second-order valence-electron chi connectivity index (χ2n) is 13.0. The molecule has 0 saturated carbocycles. The first-order valence-corrected chi connectivity index (χ1v) is 17.2. The smallest absolute Gasteiger partial charge is 0.251 e. The highest BCUT2D eigenvalue weighted by Crippen LogP contribution is 2.25. The molecule has 3 heterocycles. The molecule has 11 heteroatoms. The summed E-state index contributed by atoms with van der Waals surface area (Å²) >= 11 is 0. The maximum atomic E-state index is 14.0. The second-order valence-corrected chi connectivity index (χ2v) is 13.0. The monoisotopic (exact) mass is 674 g/mol. The third kappa shape index (κ3) is 8.21. The summed E-state index contributed by atoms with van der Waals surface area (Å²) in [6, 6.07) is 24.6. The van der Waals surface area contributed by atoms with E-state index >= 15 is 0 Å². The van der Waals surface area contributed by atoms with Crippen molar-refractivity contribution in [3.05, 3.63) is 101 Å². The van der Waals surface area contributed by atoms with Crippen LogP contribution in [0.4, 0.5) is 5.69 Å². The van der Waals surface area contributed by atoms with E-state index in [9.17, 15) is 24.4 Å². The van der Waals surface area contributed by atoms with Crippen LogP contribution >= 0.6 is 0 Å². The van der Waals surface area contributed by atoms with Crippen molar-refractivity contribution >= 4 is 40.2 Å². The first kappa shape index (κ1) is 34.4. The van der Waals surface area contributed by atoms with Gasteiger partial charge in [0.2, 0.25) is 11.8 Å². The number of carbonyl (C=O) groups is 4. The van der Waals surface area contributed by atoms with Gasteiger partial charge in [-0.2, -0.15) is 5.26 Å². The van der Waals surface area contributed by atoms with Gasteiger partial charge < -0.3 is 24.9 Å². The SMILES string of the molecule is Cc1cc2cc(NC(N[C@H]3CCCCN(CC(=O)N4CCCC4)C3=O)C(C#N)C(=O)c3ccc(C(=O)NCc4ccccc4)cc3)ccc2o1. The third-order valence-corrected chi connectivity index (χ3v) is 9.39. The number of nitrogens with zero attached hydrogens (tertiary/aromatic N) is 3. The molecule has 0 spiro atoms. The molecule has 4 aromatic rings. The molecule has 0 aliphatic carbocycles. The van der Waals surface area contributed by atoms with Crippen LogP contribution in [0, 0.1) is 24.2 Å². The first-order chi connectivity index (χ1) is 24.3. The number of hydrogen-bond donors (Lipinski definition) is 3. The van der Waals surface area contributed by atoms with E-state index in [0.29, 0.717) is 49.4 Å². The van der Waals surface area contributed by atoms with Crippen LogP contribution in [0.2, 0.25) is 0 Å². The number of nitrogens with one attached hydrogen (secondary N) is 3. The minimum atomic E-state index is -1.25. The average Bonchev–Trinajstić information content (AvgIpc) is 3.77. The summed E-state index contributed by atoms with van der Waals surface area (Å²) in [6.07, 6.45) is 2.95. The van der Waals surface area contributed by atoms with Gasteiger partial charge in [-0.3, -0.25) is 24.5 Å².